The molecule has 0 aliphatic carbocycles. The molecule has 0 atom stereocenters. The van der Waals surface area contributed by atoms with Gasteiger partial charge in [-0.25, -0.2) is 4.39 Å². The number of carbonyl (C=O) groups is 1. The molecule has 1 N–H and O–H groups in total. The lowest BCUT2D eigenvalue weighted by molar-refractivity contribution is -0.118. The molecular formula is C24H19FN2O2. The van der Waals surface area contributed by atoms with E-state index in [1.807, 2.05) is 43.3 Å². The number of allylic oxidation sites excluding steroid dienone is 1. The number of ether oxygens (including phenoxy) is 1. The van der Waals surface area contributed by atoms with Crippen LogP contribution < -0.4 is 10.1 Å². The van der Waals surface area contributed by atoms with Crippen LogP contribution >= 0.6 is 0 Å². The highest BCUT2D eigenvalue weighted by molar-refractivity contribution is 5.92. The molecule has 0 radical (unpaired) electrons. The van der Waals surface area contributed by atoms with E-state index in [2.05, 4.69) is 11.4 Å². The second kappa shape index (κ2) is 9.34. The van der Waals surface area contributed by atoms with Gasteiger partial charge in [0.1, 0.15) is 11.6 Å². The van der Waals surface area contributed by atoms with E-state index >= 15 is 0 Å². The van der Waals surface area contributed by atoms with Gasteiger partial charge < -0.3 is 10.1 Å². The summed E-state index contributed by atoms with van der Waals surface area (Å²) in [6.45, 7) is 1.83. The van der Waals surface area contributed by atoms with Crippen molar-refractivity contribution in [3.05, 3.63) is 95.3 Å². The van der Waals surface area contributed by atoms with Crippen molar-refractivity contribution < 1.29 is 13.9 Å². The van der Waals surface area contributed by atoms with Crippen molar-refractivity contribution in [1.29, 1.82) is 5.26 Å². The van der Waals surface area contributed by atoms with Crippen LogP contribution in [0.3, 0.4) is 0 Å². The van der Waals surface area contributed by atoms with E-state index in [0.29, 0.717) is 17.0 Å². The molecule has 3 aromatic carbocycles. The van der Waals surface area contributed by atoms with Gasteiger partial charge in [-0.1, -0.05) is 42.0 Å². The summed E-state index contributed by atoms with van der Waals surface area (Å²) >= 11 is 0. The molecule has 0 unspecified atom stereocenters. The number of hydrogen-bond acceptors (Lipinski definition) is 3. The number of nitrogens with zero attached hydrogens (tertiary/aromatic N) is 1. The Kier molecular flexibility index (Phi) is 6.39. The first-order valence-electron chi connectivity index (χ1n) is 9.00. The van der Waals surface area contributed by atoms with Gasteiger partial charge in [0.05, 0.1) is 11.6 Å². The minimum Gasteiger partial charge on any atom is -0.484 e. The van der Waals surface area contributed by atoms with Crippen molar-refractivity contribution in [2.75, 3.05) is 11.9 Å². The van der Waals surface area contributed by atoms with Crippen molar-refractivity contribution in [2.24, 2.45) is 0 Å². The standard InChI is InChI=1S/C24H19FN2O2/c1-17-2-6-19(7-3-17)20(15-26)14-18-4-12-23(13-5-18)29-16-24(28)27-22-10-8-21(25)9-11-22/h2-14H,16H2,1H3,(H,27,28)/b20-14-. The smallest absolute Gasteiger partial charge is 0.262 e. The monoisotopic (exact) mass is 386 g/mol. The summed E-state index contributed by atoms with van der Waals surface area (Å²) in [6.07, 6.45) is 1.80. The molecule has 0 spiro atoms. The highest BCUT2D eigenvalue weighted by Crippen LogP contribution is 2.20. The minimum absolute atomic E-state index is 0.167. The fourth-order valence-electron chi connectivity index (χ4n) is 2.62. The van der Waals surface area contributed by atoms with Gasteiger partial charge in [-0.2, -0.15) is 5.26 Å². The molecule has 144 valence electrons. The van der Waals surface area contributed by atoms with Gasteiger partial charge in [0.2, 0.25) is 0 Å². The molecule has 0 bridgehead atoms. The van der Waals surface area contributed by atoms with E-state index < -0.39 is 0 Å². The Labute approximate surface area is 168 Å². The largest absolute Gasteiger partial charge is 0.484 e. The first-order chi connectivity index (χ1) is 14.0. The fourth-order valence-corrected chi connectivity index (χ4v) is 2.62. The van der Waals surface area contributed by atoms with Crippen LogP contribution in [0.25, 0.3) is 11.6 Å². The van der Waals surface area contributed by atoms with Crippen LogP contribution in [0.2, 0.25) is 0 Å². The SMILES string of the molecule is Cc1ccc(/C(C#N)=C\c2ccc(OCC(=O)Nc3ccc(F)cc3)cc2)cc1. The van der Waals surface area contributed by atoms with Gasteiger partial charge in [-0.15, -0.1) is 0 Å². The molecule has 0 saturated heterocycles. The molecule has 0 aliphatic heterocycles. The third kappa shape index (κ3) is 5.78. The maximum absolute atomic E-state index is 12.9. The van der Waals surface area contributed by atoms with E-state index in [-0.39, 0.29) is 18.3 Å². The molecule has 0 fully saturated rings. The van der Waals surface area contributed by atoms with Gasteiger partial charge in [0.15, 0.2) is 6.61 Å². The topological polar surface area (TPSA) is 62.1 Å². The number of hydrogen-bond donors (Lipinski definition) is 1. The highest BCUT2D eigenvalue weighted by Gasteiger charge is 2.05. The zero-order chi connectivity index (χ0) is 20.6. The van der Waals surface area contributed by atoms with Gasteiger partial charge in [0, 0.05) is 5.69 Å². The fraction of sp³-hybridized carbons (Fsp3) is 0.0833. The number of anilines is 1. The number of nitrogens with one attached hydrogen (secondary N) is 1. The van der Waals surface area contributed by atoms with Gasteiger partial charge in [-0.05, 0) is 60.5 Å². The van der Waals surface area contributed by atoms with Crippen molar-refractivity contribution in [3.8, 4) is 11.8 Å². The zero-order valence-corrected chi connectivity index (χ0v) is 15.9. The number of carbonyl (C=O) groups excluding carboxylic acids is 1. The summed E-state index contributed by atoms with van der Waals surface area (Å²) in [5, 5.41) is 12.1. The second-order valence-corrected chi connectivity index (χ2v) is 6.45. The van der Waals surface area contributed by atoms with Crippen molar-refractivity contribution >= 4 is 23.2 Å². The molecule has 0 aliphatic rings. The maximum Gasteiger partial charge on any atom is 0.262 e. The summed E-state index contributed by atoms with van der Waals surface area (Å²) in [7, 11) is 0. The van der Waals surface area contributed by atoms with Crippen molar-refractivity contribution in [3.63, 3.8) is 0 Å². The number of rotatable bonds is 6. The molecule has 3 aromatic rings. The summed E-state index contributed by atoms with van der Waals surface area (Å²) in [5.74, 6) is -0.174. The normalized spacial score (nSPS) is 10.9. The number of aryl methyl sites for hydroxylation is 1. The minimum atomic E-state index is -0.365. The summed E-state index contributed by atoms with van der Waals surface area (Å²) in [6, 6.07) is 22.6. The Morgan fingerprint density at radius 3 is 2.31 bits per heavy atom. The first-order valence-corrected chi connectivity index (χ1v) is 9.00. The van der Waals surface area contributed by atoms with Crippen LogP contribution in [0.1, 0.15) is 16.7 Å². The Balaban J connectivity index is 1.59. The second-order valence-electron chi connectivity index (χ2n) is 6.45. The van der Waals surface area contributed by atoms with Crippen molar-refractivity contribution in [2.45, 2.75) is 6.92 Å². The van der Waals surface area contributed by atoms with Gasteiger partial charge in [-0.3, -0.25) is 4.79 Å². The van der Waals surface area contributed by atoms with E-state index in [0.717, 1.165) is 16.7 Å². The summed E-state index contributed by atoms with van der Waals surface area (Å²) in [5.41, 5.74) is 3.91. The number of nitriles is 1. The molecule has 0 saturated carbocycles. The average molecular weight is 386 g/mol. The molecule has 1 amide bonds. The molecular weight excluding hydrogens is 367 g/mol. The number of halogens is 1. The Morgan fingerprint density at radius 2 is 1.69 bits per heavy atom. The molecule has 0 aromatic heterocycles. The third-order valence-corrected chi connectivity index (χ3v) is 4.17. The van der Waals surface area contributed by atoms with Crippen LogP contribution in [-0.2, 0) is 4.79 Å². The lowest BCUT2D eigenvalue weighted by Crippen LogP contribution is -2.20. The lowest BCUT2D eigenvalue weighted by Gasteiger charge is -2.08. The highest BCUT2D eigenvalue weighted by atomic mass is 19.1. The Bertz CT molecular complexity index is 1050. The predicted molar refractivity (Wildman–Crippen MR) is 112 cm³/mol. The average Bonchev–Trinajstić information content (AvgIpc) is 2.74. The molecule has 29 heavy (non-hydrogen) atoms. The lowest BCUT2D eigenvalue weighted by atomic mass is 10.0. The summed E-state index contributed by atoms with van der Waals surface area (Å²) < 4.78 is 18.4. The predicted octanol–water partition coefficient (Wildman–Crippen LogP) is 5.22. The van der Waals surface area contributed by atoms with E-state index in [1.54, 1.807) is 18.2 Å². The first kappa shape index (κ1) is 19.8. The number of amides is 1. The van der Waals surface area contributed by atoms with Crippen LogP contribution in [0.5, 0.6) is 5.75 Å². The third-order valence-electron chi connectivity index (χ3n) is 4.17. The van der Waals surface area contributed by atoms with Crippen molar-refractivity contribution in [1.82, 2.24) is 0 Å². The molecule has 4 nitrogen and oxygen atoms in total. The van der Waals surface area contributed by atoms with Gasteiger partial charge in [0.25, 0.3) is 5.91 Å². The van der Waals surface area contributed by atoms with Gasteiger partial charge >= 0.3 is 0 Å². The molecule has 5 heteroatoms. The summed E-state index contributed by atoms with van der Waals surface area (Å²) in [4.78, 5) is 11.9. The molecule has 3 rings (SSSR count). The van der Waals surface area contributed by atoms with E-state index in [4.69, 9.17) is 4.74 Å². The van der Waals surface area contributed by atoms with Crippen LogP contribution in [-0.4, -0.2) is 12.5 Å². The van der Waals surface area contributed by atoms with E-state index in [1.165, 1.54) is 24.3 Å². The van der Waals surface area contributed by atoms with Crippen LogP contribution in [0.4, 0.5) is 10.1 Å². The van der Waals surface area contributed by atoms with E-state index in [9.17, 15) is 14.4 Å². The van der Waals surface area contributed by atoms with Crippen LogP contribution in [0, 0.1) is 24.1 Å². The Morgan fingerprint density at radius 1 is 1.03 bits per heavy atom. The van der Waals surface area contributed by atoms with Crippen LogP contribution in [0.15, 0.2) is 72.8 Å². The Hall–Kier alpha value is -3.91. The number of benzene rings is 3. The molecule has 0 heterocycles. The quantitative estimate of drug-likeness (QED) is 0.467. The zero-order valence-electron chi connectivity index (χ0n) is 15.9. The maximum atomic E-state index is 12.9.